The fraction of sp³-hybridized carbons (Fsp3) is 0.429. The van der Waals surface area contributed by atoms with E-state index in [9.17, 15) is 9.18 Å². The number of carbonyl (C=O) groups is 1. The van der Waals surface area contributed by atoms with Crippen molar-refractivity contribution >= 4 is 28.3 Å². The Bertz CT molecular complexity index is 395. The van der Waals surface area contributed by atoms with Crippen molar-refractivity contribution in [2.45, 2.75) is 6.92 Å². The molecular formula is C7H9FN4O3S. The average molecular weight is 248 g/mol. The first-order valence-corrected chi connectivity index (χ1v) is 4.99. The first-order valence-electron chi connectivity index (χ1n) is 4.21. The summed E-state index contributed by atoms with van der Waals surface area (Å²) >= 11 is 0.880. The van der Waals surface area contributed by atoms with Gasteiger partial charge in [0.15, 0.2) is 5.13 Å². The zero-order valence-corrected chi connectivity index (χ0v) is 9.16. The number of alkyl halides is 1. The lowest BCUT2D eigenvalue weighted by atomic mass is 10.3. The summed E-state index contributed by atoms with van der Waals surface area (Å²) in [6, 6.07) is 0. The second-order valence-electron chi connectivity index (χ2n) is 2.35. The van der Waals surface area contributed by atoms with E-state index in [1.54, 1.807) is 6.92 Å². The molecule has 16 heavy (non-hydrogen) atoms. The summed E-state index contributed by atoms with van der Waals surface area (Å²) in [5, 5.41) is 3.40. The van der Waals surface area contributed by atoms with Gasteiger partial charge in [-0.3, -0.25) is 0 Å². The Morgan fingerprint density at radius 3 is 2.94 bits per heavy atom. The first kappa shape index (κ1) is 12.3. The lowest BCUT2D eigenvalue weighted by molar-refractivity contribution is -0.135. The predicted molar refractivity (Wildman–Crippen MR) is 54.6 cm³/mol. The predicted octanol–water partition coefficient (Wildman–Crippen LogP) is 0.331. The van der Waals surface area contributed by atoms with Crippen LogP contribution in [0.1, 0.15) is 12.7 Å². The molecule has 0 bridgehead atoms. The molecule has 0 aliphatic carbocycles. The van der Waals surface area contributed by atoms with Crippen LogP contribution in [0.5, 0.6) is 0 Å². The molecule has 0 fully saturated rings. The number of carbonyl (C=O) groups excluding carboxylic acids is 1. The lowest BCUT2D eigenvalue weighted by Gasteiger charge is -2.01. The molecule has 0 spiro atoms. The van der Waals surface area contributed by atoms with Crippen molar-refractivity contribution in [2.75, 3.05) is 19.2 Å². The second-order valence-corrected chi connectivity index (χ2v) is 3.14. The third-order valence-corrected chi connectivity index (χ3v) is 1.87. The molecule has 88 valence electrons. The normalized spacial score (nSPS) is 11.2. The molecule has 0 saturated carbocycles. The van der Waals surface area contributed by atoms with E-state index in [1.807, 2.05) is 0 Å². The SMILES string of the molecule is CCOC(=O)C(=NOCF)c1nsc(N)n1. The van der Waals surface area contributed by atoms with Gasteiger partial charge in [0.25, 0.3) is 6.86 Å². The van der Waals surface area contributed by atoms with Gasteiger partial charge in [-0.25, -0.2) is 9.18 Å². The maximum Gasteiger partial charge on any atom is 0.364 e. The standard InChI is InChI=1S/C7H9FN4O3S/c1-2-14-6(13)4(11-15-3-8)5-10-7(9)16-12-5/h2-3H2,1H3,(H2,9,10,12). The Hall–Kier alpha value is -1.77. The number of ether oxygens (including phenoxy) is 1. The van der Waals surface area contributed by atoms with Crippen LogP contribution < -0.4 is 5.73 Å². The van der Waals surface area contributed by atoms with Crippen LogP contribution in [-0.4, -0.2) is 34.5 Å². The fourth-order valence-electron chi connectivity index (χ4n) is 0.789. The first-order chi connectivity index (χ1) is 7.69. The summed E-state index contributed by atoms with van der Waals surface area (Å²) < 4.78 is 20.2. The van der Waals surface area contributed by atoms with E-state index in [2.05, 4.69) is 24.1 Å². The number of oxime groups is 1. The quantitative estimate of drug-likeness (QED) is 0.458. The molecule has 7 nitrogen and oxygen atoms in total. The number of hydrogen-bond acceptors (Lipinski definition) is 8. The fourth-order valence-corrected chi connectivity index (χ4v) is 1.22. The summed E-state index contributed by atoms with van der Waals surface area (Å²) in [5.74, 6) is -0.844. The topological polar surface area (TPSA) is 99.7 Å². The monoisotopic (exact) mass is 248 g/mol. The average Bonchev–Trinajstić information content (AvgIpc) is 2.66. The zero-order valence-electron chi connectivity index (χ0n) is 8.34. The van der Waals surface area contributed by atoms with E-state index >= 15 is 0 Å². The van der Waals surface area contributed by atoms with Crippen molar-refractivity contribution in [3.63, 3.8) is 0 Å². The Balaban J connectivity index is 2.91. The van der Waals surface area contributed by atoms with Gasteiger partial charge in [-0.05, 0) is 6.92 Å². The van der Waals surface area contributed by atoms with Gasteiger partial charge in [0, 0.05) is 11.5 Å². The molecule has 0 atom stereocenters. The van der Waals surface area contributed by atoms with Gasteiger partial charge in [-0.1, -0.05) is 5.16 Å². The number of nitrogens with two attached hydrogens (primary N) is 1. The number of anilines is 1. The van der Waals surface area contributed by atoms with Crippen LogP contribution >= 0.6 is 11.5 Å². The summed E-state index contributed by atoms with van der Waals surface area (Å²) in [4.78, 5) is 19.2. The molecule has 0 aromatic carbocycles. The van der Waals surface area contributed by atoms with Gasteiger partial charge in [0.05, 0.1) is 6.61 Å². The molecule has 2 N–H and O–H groups in total. The van der Waals surface area contributed by atoms with Crippen LogP contribution in [0.25, 0.3) is 0 Å². The highest BCUT2D eigenvalue weighted by atomic mass is 32.1. The highest BCUT2D eigenvalue weighted by Crippen LogP contribution is 2.08. The molecule has 0 aliphatic rings. The number of esters is 1. The minimum Gasteiger partial charge on any atom is -0.461 e. The number of nitrogens with zero attached hydrogens (tertiary/aromatic N) is 3. The van der Waals surface area contributed by atoms with E-state index in [0.717, 1.165) is 11.5 Å². The second kappa shape index (κ2) is 5.95. The van der Waals surface area contributed by atoms with Crippen molar-refractivity contribution in [3.05, 3.63) is 5.82 Å². The zero-order chi connectivity index (χ0) is 12.0. The van der Waals surface area contributed by atoms with E-state index in [-0.39, 0.29) is 23.3 Å². The lowest BCUT2D eigenvalue weighted by Crippen LogP contribution is -2.20. The van der Waals surface area contributed by atoms with Crippen LogP contribution in [0.2, 0.25) is 0 Å². The van der Waals surface area contributed by atoms with Gasteiger partial charge in [-0.15, -0.1) is 0 Å². The molecule has 1 heterocycles. The molecule has 0 aliphatic heterocycles. The molecule has 1 aromatic rings. The van der Waals surface area contributed by atoms with Crippen molar-refractivity contribution in [1.82, 2.24) is 9.36 Å². The van der Waals surface area contributed by atoms with Gasteiger partial charge in [0.1, 0.15) is 0 Å². The number of rotatable bonds is 5. The summed E-state index contributed by atoms with van der Waals surface area (Å²) in [6.07, 6.45) is 0. The summed E-state index contributed by atoms with van der Waals surface area (Å²) in [5.41, 5.74) is 5.03. The highest BCUT2D eigenvalue weighted by Gasteiger charge is 2.21. The van der Waals surface area contributed by atoms with Crippen LogP contribution in [0.15, 0.2) is 5.16 Å². The molecule has 0 radical (unpaired) electrons. The third kappa shape index (κ3) is 3.12. The van der Waals surface area contributed by atoms with Crippen molar-refractivity contribution in [2.24, 2.45) is 5.16 Å². The smallest absolute Gasteiger partial charge is 0.364 e. The molecule has 1 rings (SSSR count). The van der Waals surface area contributed by atoms with Gasteiger partial charge < -0.3 is 15.3 Å². The molecule has 0 amide bonds. The largest absolute Gasteiger partial charge is 0.461 e. The van der Waals surface area contributed by atoms with E-state index < -0.39 is 12.8 Å². The summed E-state index contributed by atoms with van der Waals surface area (Å²) in [6.45, 7) is 0.601. The number of halogens is 1. The van der Waals surface area contributed by atoms with Crippen LogP contribution in [-0.2, 0) is 14.4 Å². The van der Waals surface area contributed by atoms with Crippen molar-refractivity contribution in [1.29, 1.82) is 0 Å². The van der Waals surface area contributed by atoms with E-state index in [4.69, 9.17) is 5.73 Å². The Kier molecular flexibility index (Phi) is 4.58. The maximum absolute atomic E-state index is 11.8. The number of aromatic nitrogens is 2. The van der Waals surface area contributed by atoms with E-state index in [1.165, 1.54) is 0 Å². The maximum atomic E-state index is 11.8. The van der Waals surface area contributed by atoms with Gasteiger partial charge in [0.2, 0.25) is 11.5 Å². The number of nitrogen functional groups attached to an aromatic ring is 1. The molecular weight excluding hydrogens is 239 g/mol. The van der Waals surface area contributed by atoms with Crippen LogP contribution in [0, 0.1) is 0 Å². The molecule has 0 unspecified atom stereocenters. The Morgan fingerprint density at radius 2 is 2.44 bits per heavy atom. The van der Waals surface area contributed by atoms with Crippen LogP contribution in [0.4, 0.5) is 9.52 Å². The Morgan fingerprint density at radius 1 is 1.69 bits per heavy atom. The Labute approximate surface area is 94.2 Å². The molecule has 9 heteroatoms. The van der Waals surface area contributed by atoms with Crippen molar-refractivity contribution < 1.29 is 18.8 Å². The van der Waals surface area contributed by atoms with Gasteiger partial charge in [-0.2, -0.15) is 9.36 Å². The molecule has 0 saturated heterocycles. The van der Waals surface area contributed by atoms with E-state index in [0.29, 0.717) is 0 Å². The van der Waals surface area contributed by atoms with Gasteiger partial charge >= 0.3 is 5.97 Å². The van der Waals surface area contributed by atoms with Crippen LogP contribution in [0.3, 0.4) is 0 Å². The molecule has 1 aromatic heterocycles. The summed E-state index contributed by atoms with van der Waals surface area (Å²) in [7, 11) is 0. The highest BCUT2D eigenvalue weighted by molar-refractivity contribution is 7.09. The minimum absolute atomic E-state index is 0.0469. The van der Waals surface area contributed by atoms with Crippen molar-refractivity contribution in [3.8, 4) is 0 Å². The third-order valence-electron chi connectivity index (χ3n) is 1.33. The minimum atomic E-state index is -1.16. The number of hydrogen-bond donors (Lipinski definition) is 1.